The van der Waals surface area contributed by atoms with Gasteiger partial charge in [0, 0.05) is 5.56 Å². The van der Waals surface area contributed by atoms with Crippen LogP contribution in [0.15, 0.2) is 29.2 Å². The molecule has 0 aliphatic rings. The Morgan fingerprint density at radius 3 is 2.79 bits per heavy atom. The van der Waals surface area contributed by atoms with Crippen LogP contribution in [0.5, 0.6) is 5.75 Å². The second-order valence-electron chi connectivity index (χ2n) is 4.08. The molecule has 2 rings (SSSR count). The maximum atomic E-state index is 11.9. The summed E-state index contributed by atoms with van der Waals surface area (Å²) in [6, 6.07) is 5.73. The predicted molar refractivity (Wildman–Crippen MR) is 75.4 cm³/mol. The highest BCUT2D eigenvalue weighted by Crippen LogP contribution is 2.21. The van der Waals surface area contributed by atoms with Crippen molar-refractivity contribution in [1.29, 1.82) is 0 Å². The molecule has 4 nitrogen and oxygen atoms in total. The first-order valence-corrected chi connectivity index (χ1v) is 6.33. The fourth-order valence-electron chi connectivity index (χ4n) is 1.75. The van der Waals surface area contributed by atoms with Crippen molar-refractivity contribution in [1.82, 2.24) is 9.78 Å². The summed E-state index contributed by atoms with van der Waals surface area (Å²) in [7, 11) is 1.58. The second-order valence-corrected chi connectivity index (χ2v) is 4.87. The van der Waals surface area contributed by atoms with Crippen LogP contribution >= 0.6 is 23.2 Å². The molecule has 0 fully saturated rings. The van der Waals surface area contributed by atoms with Crippen molar-refractivity contribution < 1.29 is 4.74 Å². The summed E-state index contributed by atoms with van der Waals surface area (Å²) in [6.45, 7) is 2.24. The fourth-order valence-corrected chi connectivity index (χ4v) is 2.02. The molecule has 0 N–H and O–H groups in total. The number of methoxy groups -OCH3 is 1. The van der Waals surface area contributed by atoms with E-state index in [0.717, 1.165) is 11.1 Å². The maximum Gasteiger partial charge on any atom is 0.287 e. The summed E-state index contributed by atoms with van der Waals surface area (Å²) < 4.78 is 6.52. The lowest BCUT2D eigenvalue weighted by atomic mass is 10.1. The zero-order valence-electron chi connectivity index (χ0n) is 10.5. The zero-order valence-corrected chi connectivity index (χ0v) is 12.0. The van der Waals surface area contributed by atoms with Gasteiger partial charge in [-0.05, 0) is 13.0 Å². The Hall–Kier alpha value is -1.52. The van der Waals surface area contributed by atoms with Crippen molar-refractivity contribution in [2.75, 3.05) is 7.11 Å². The Kier molecular flexibility index (Phi) is 4.12. The molecule has 1 aromatic heterocycles. The SMILES string of the molecule is COc1ccc(C)cc1Cn1ncc(Cl)c(Cl)c1=O. The van der Waals surface area contributed by atoms with Crippen molar-refractivity contribution in [2.45, 2.75) is 13.5 Å². The molecule has 0 atom stereocenters. The van der Waals surface area contributed by atoms with Gasteiger partial charge in [-0.3, -0.25) is 4.79 Å². The minimum atomic E-state index is -0.419. The normalized spacial score (nSPS) is 10.5. The molecule has 0 amide bonds. The third-order valence-electron chi connectivity index (χ3n) is 2.70. The van der Waals surface area contributed by atoms with E-state index in [9.17, 15) is 4.79 Å². The van der Waals surface area contributed by atoms with Crippen molar-refractivity contribution in [3.05, 3.63) is 55.9 Å². The van der Waals surface area contributed by atoms with Gasteiger partial charge < -0.3 is 4.74 Å². The quantitative estimate of drug-likeness (QED) is 0.875. The number of hydrogen-bond donors (Lipinski definition) is 0. The molecule has 0 radical (unpaired) electrons. The minimum Gasteiger partial charge on any atom is -0.496 e. The number of hydrogen-bond acceptors (Lipinski definition) is 3. The first-order valence-electron chi connectivity index (χ1n) is 5.57. The summed E-state index contributed by atoms with van der Waals surface area (Å²) in [4.78, 5) is 11.9. The van der Waals surface area contributed by atoms with Crippen molar-refractivity contribution in [2.24, 2.45) is 0 Å². The highest BCUT2D eigenvalue weighted by atomic mass is 35.5. The van der Waals surface area contributed by atoms with Gasteiger partial charge in [0.15, 0.2) is 0 Å². The Morgan fingerprint density at radius 1 is 1.37 bits per heavy atom. The van der Waals surface area contributed by atoms with Gasteiger partial charge in [0.05, 0.1) is 24.9 Å². The number of ether oxygens (including phenoxy) is 1. The van der Waals surface area contributed by atoms with Crippen LogP contribution in [-0.2, 0) is 6.54 Å². The van der Waals surface area contributed by atoms with Crippen molar-refractivity contribution in [3.8, 4) is 5.75 Å². The second kappa shape index (κ2) is 5.63. The monoisotopic (exact) mass is 298 g/mol. The number of aryl methyl sites for hydroxylation is 1. The van der Waals surface area contributed by atoms with Crippen LogP contribution in [0.2, 0.25) is 10.0 Å². The van der Waals surface area contributed by atoms with E-state index in [1.54, 1.807) is 7.11 Å². The first-order chi connectivity index (χ1) is 9.02. The molecule has 1 heterocycles. The van der Waals surface area contributed by atoms with Gasteiger partial charge in [-0.2, -0.15) is 5.10 Å². The lowest BCUT2D eigenvalue weighted by Crippen LogP contribution is -2.24. The number of aromatic nitrogens is 2. The Morgan fingerprint density at radius 2 is 2.11 bits per heavy atom. The van der Waals surface area contributed by atoms with Crippen LogP contribution in [0.3, 0.4) is 0 Å². The van der Waals surface area contributed by atoms with Crippen molar-refractivity contribution in [3.63, 3.8) is 0 Å². The highest BCUT2D eigenvalue weighted by Gasteiger charge is 2.10. The molecule has 6 heteroatoms. The van der Waals surface area contributed by atoms with E-state index in [2.05, 4.69) is 5.10 Å². The van der Waals surface area contributed by atoms with Gasteiger partial charge in [-0.1, -0.05) is 40.9 Å². The Balaban J connectivity index is 2.44. The summed E-state index contributed by atoms with van der Waals surface area (Å²) >= 11 is 11.6. The van der Waals surface area contributed by atoms with Gasteiger partial charge >= 0.3 is 0 Å². The van der Waals surface area contributed by atoms with Gasteiger partial charge in [0.25, 0.3) is 5.56 Å². The number of halogens is 2. The van der Waals surface area contributed by atoms with Crippen LogP contribution in [0, 0.1) is 6.92 Å². The highest BCUT2D eigenvalue weighted by molar-refractivity contribution is 6.41. The van der Waals surface area contributed by atoms with Crippen LogP contribution in [0.1, 0.15) is 11.1 Å². The van der Waals surface area contributed by atoms with E-state index in [0.29, 0.717) is 5.75 Å². The smallest absolute Gasteiger partial charge is 0.287 e. The van der Waals surface area contributed by atoms with E-state index in [-0.39, 0.29) is 16.6 Å². The zero-order chi connectivity index (χ0) is 14.0. The average Bonchev–Trinajstić information content (AvgIpc) is 2.40. The summed E-state index contributed by atoms with van der Waals surface area (Å²) in [5.74, 6) is 0.699. The van der Waals surface area contributed by atoms with E-state index in [1.807, 2.05) is 25.1 Å². The number of nitrogens with zero attached hydrogens (tertiary/aromatic N) is 2. The molecule has 0 bridgehead atoms. The molecule has 0 aliphatic carbocycles. The van der Waals surface area contributed by atoms with Gasteiger partial charge in [-0.15, -0.1) is 0 Å². The minimum absolute atomic E-state index is 0.0247. The van der Waals surface area contributed by atoms with Crippen molar-refractivity contribution >= 4 is 23.2 Å². The largest absolute Gasteiger partial charge is 0.496 e. The van der Waals surface area contributed by atoms with Gasteiger partial charge in [-0.25, -0.2) is 4.68 Å². The lowest BCUT2D eigenvalue weighted by molar-refractivity contribution is 0.406. The number of benzene rings is 1. The van der Waals surface area contributed by atoms with E-state index in [4.69, 9.17) is 27.9 Å². The third-order valence-corrected chi connectivity index (χ3v) is 3.45. The molecular weight excluding hydrogens is 287 g/mol. The van der Waals surface area contributed by atoms with Crippen LogP contribution in [-0.4, -0.2) is 16.9 Å². The topological polar surface area (TPSA) is 44.1 Å². The first kappa shape index (κ1) is 13.9. The summed E-state index contributed by atoms with van der Waals surface area (Å²) in [6.07, 6.45) is 1.35. The standard InChI is InChI=1S/C13H12Cl2N2O2/c1-8-3-4-11(19-2)9(5-8)7-17-13(18)12(15)10(14)6-16-17/h3-6H,7H2,1-2H3. The van der Waals surface area contributed by atoms with E-state index >= 15 is 0 Å². The summed E-state index contributed by atoms with van der Waals surface area (Å²) in [5, 5.41) is 4.10. The molecule has 2 aromatic rings. The molecular formula is C13H12Cl2N2O2. The summed E-state index contributed by atoms with van der Waals surface area (Å²) in [5.41, 5.74) is 1.51. The maximum absolute atomic E-state index is 11.9. The fraction of sp³-hybridized carbons (Fsp3) is 0.231. The molecule has 19 heavy (non-hydrogen) atoms. The van der Waals surface area contributed by atoms with E-state index in [1.165, 1.54) is 10.9 Å². The predicted octanol–water partition coefficient (Wildman–Crippen LogP) is 2.92. The molecule has 0 saturated carbocycles. The average molecular weight is 299 g/mol. The van der Waals surface area contributed by atoms with Crippen LogP contribution < -0.4 is 10.3 Å². The van der Waals surface area contributed by atoms with Gasteiger partial charge in [0.2, 0.25) is 0 Å². The molecule has 0 saturated heterocycles. The Bertz CT molecular complexity index is 668. The molecule has 0 unspecified atom stereocenters. The van der Waals surface area contributed by atoms with Crippen LogP contribution in [0.25, 0.3) is 0 Å². The molecule has 100 valence electrons. The molecule has 0 aliphatic heterocycles. The third kappa shape index (κ3) is 2.91. The number of rotatable bonds is 3. The lowest BCUT2D eigenvalue weighted by Gasteiger charge is -2.10. The molecule has 1 aromatic carbocycles. The Labute approximate surface area is 120 Å². The molecule has 0 spiro atoms. The van der Waals surface area contributed by atoms with Crippen LogP contribution in [0.4, 0.5) is 0 Å². The van der Waals surface area contributed by atoms with E-state index < -0.39 is 5.56 Å². The van der Waals surface area contributed by atoms with Gasteiger partial charge in [0.1, 0.15) is 10.8 Å².